The lowest BCUT2D eigenvalue weighted by molar-refractivity contribution is -0.274. The fourth-order valence-corrected chi connectivity index (χ4v) is 3.18. The van der Waals surface area contributed by atoms with Crippen LogP contribution < -0.4 is 10.1 Å². The Labute approximate surface area is 175 Å². The molecule has 0 radical (unpaired) electrons. The maximum absolute atomic E-state index is 12.3. The van der Waals surface area contributed by atoms with Gasteiger partial charge in [0.1, 0.15) is 5.75 Å². The van der Waals surface area contributed by atoms with Crippen LogP contribution in [0.4, 0.5) is 24.7 Å². The Morgan fingerprint density at radius 3 is 2.17 bits per heavy atom. The molecular weight excluding hydrogens is 415 g/mol. The molecule has 0 fully saturated rings. The summed E-state index contributed by atoms with van der Waals surface area (Å²) in [6.07, 6.45) is -4.13. The standard InChI is InChI=1S/C22H15ClF3N3O/c23-15-7-5-14(6-8-15)13-20-18-3-1-2-4-19(18)21(29-28-20)27-16-9-11-17(12-10-16)30-22(24,25)26/h1-12H,13H2,(H,27,29). The molecular formula is C22H15ClF3N3O. The van der Waals surface area contributed by atoms with E-state index in [1.807, 2.05) is 48.5 Å². The average Bonchev–Trinajstić information content (AvgIpc) is 2.72. The van der Waals surface area contributed by atoms with Crippen molar-refractivity contribution in [3.8, 4) is 5.75 Å². The number of hydrogen-bond acceptors (Lipinski definition) is 4. The number of hydrogen-bond donors (Lipinski definition) is 1. The van der Waals surface area contributed by atoms with Crippen molar-refractivity contribution >= 4 is 33.9 Å². The van der Waals surface area contributed by atoms with Crippen LogP contribution in [0.1, 0.15) is 11.3 Å². The molecule has 4 rings (SSSR count). The van der Waals surface area contributed by atoms with Crippen molar-refractivity contribution < 1.29 is 17.9 Å². The third kappa shape index (κ3) is 4.80. The molecule has 1 heterocycles. The van der Waals surface area contributed by atoms with Crippen LogP contribution in [-0.4, -0.2) is 16.6 Å². The minimum atomic E-state index is -4.73. The number of nitrogens with zero attached hydrogens (tertiary/aromatic N) is 2. The fraction of sp³-hybridized carbons (Fsp3) is 0.0909. The third-order valence-electron chi connectivity index (χ3n) is 4.40. The van der Waals surface area contributed by atoms with Gasteiger partial charge < -0.3 is 10.1 Å². The largest absolute Gasteiger partial charge is 0.573 e. The summed E-state index contributed by atoms with van der Waals surface area (Å²) in [6.45, 7) is 0. The van der Waals surface area contributed by atoms with Gasteiger partial charge >= 0.3 is 6.36 Å². The van der Waals surface area contributed by atoms with Crippen LogP contribution >= 0.6 is 11.6 Å². The molecule has 0 saturated heterocycles. The number of nitrogens with one attached hydrogen (secondary N) is 1. The molecule has 0 unspecified atom stereocenters. The molecule has 30 heavy (non-hydrogen) atoms. The van der Waals surface area contributed by atoms with E-state index < -0.39 is 6.36 Å². The van der Waals surface area contributed by atoms with E-state index in [-0.39, 0.29) is 5.75 Å². The predicted octanol–water partition coefficient (Wildman–Crippen LogP) is 6.52. The van der Waals surface area contributed by atoms with Gasteiger partial charge in [-0.25, -0.2) is 0 Å². The van der Waals surface area contributed by atoms with Crippen LogP contribution in [0.25, 0.3) is 10.8 Å². The number of rotatable bonds is 5. The molecule has 0 aliphatic rings. The highest BCUT2D eigenvalue weighted by molar-refractivity contribution is 6.30. The zero-order valence-corrected chi connectivity index (χ0v) is 16.2. The van der Waals surface area contributed by atoms with E-state index in [2.05, 4.69) is 20.3 Å². The number of anilines is 2. The van der Waals surface area contributed by atoms with Crippen molar-refractivity contribution in [2.24, 2.45) is 0 Å². The summed E-state index contributed by atoms with van der Waals surface area (Å²) in [4.78, 5) is 0. The smallest absolute Gasteiger partial charge is 0.406 e. The molecule has 0 aliphatic carbocycles. The molecule has 3 aromatic carbocycles. The van der Waals surface area contributed by atoms with Crippen LogP contribution in [0, 0.1) is 0 Å². The average molecular weight is 430 g/mol. The lowest BCUT2D eigenvalue weighted by Crippen LogP contribution is -2.16. The van der Waals surface area contributed by atoms with E-state index in [1.165, 1.54) is 24.3 Å². The minimum absolute atomic E-state index is 0.290. The summed E-state index contributed by atoms with van der Waals surface area (Å²) in [5.74, 6) is 0.220. The van der Waals surface area contributed by atoms with Gasteiger partial charge in [-0.15, -0.1) is 18.3 Å². The topological polar surface area (TPSA) is 47.0 Å². The molecule has 1 aromatic heterocycles. The Hall–Kier alpha value is -3.32. The zero-order valence-electron chi connectivity index (χ0n) is 15.4. The van der Waals surface area contributed by atoms with Crippen LogP contribution in [0.3, 0.4) is 0 Å². The molecule has 0 amide bonds. The summed E-state index contributed by atoms with van der Waals surface area (Å²) in [5.41, 5.74) is 2.43. The SMILES string of the molecule is FC(F)(F)Oc1ccc(Nc2nnc(Cc3ccc(Cl)cc3)c3ccccc23)cc1. The summed E-state index contributed by atoms with van der Waals surface area (Å²) in [6, 6.07) is 20.7. The maximum atomic E-state index is 12.3. The second-order valence-corrected chi connectivity index (χ2v) is 6.98. The molecule has 152 valence electrons. The second kappa shape index (κ2) is 8.20. The first kappa shape index (κ1) is 20.0. The fourth-order valence-electron chi connectivity index (χ4n) is 3.05. The maximum Gasteiger partial charge on any atom is 0.573 e. The molecule has 0 atom stereocenters. The van der Waals surface area contributed by atoms with Gasteiger partial charge in [-0.05, 0) is 42.0 Å². The van der Waals surface area contributed by atoms with Crippen molar-refractivity contribution in [3.05, 3.63) is 89.1 Å². The van der Waals surface area contributed by atoms with Crippen molar-refractivity contribution in [1.29, 1.82) is 0 Å². The van der Waals surface area contributed by atoms with Crippen molar-refractivity contribution in [2.75, 3.05) is 5.32 Å². The normalized spacial score (nSPS) is 11.5. The summed E-state index contributed by atoms with van der Waals surface area (Å²) < 4.78 is 40.8. The first-order chi connectivity index (χ1) is 14.4. The van der Waals surface area contributed by atoms with Gasteiger partial charge in [0.05, 0.1) is 5.69 Å². The first-order valence-corrected chi connectivity index (χ1v) is 9.37. The number of halogens is 4. The Morgan fingerprint density at radius 2 is 1.50 bits per heavy atom. The monoisotopic (exact) mass is 429 g/mol. The van der Waals surface area contributed by atoms with Gasteiger partial charge in [-0.1, -0.05) is 48.0 Å². The van der Waals surface area contributed by atoms with E-state index in [0.717, 1.165) is 22.0 Å². The van der Waals surface area contributed by atoms with Crippen molar-refractivity contribution in [3.63, 3.8) is 0 Å². The lowest BCUT2D eigenvalue weighted by atomic mass is 10.0. The van der Waals surface area contributed by atoms with Gasteiger partial charge in [0.25, 0.3) is 0 Å². The van der Waals surface area contributed by atoms with Crippen molar-refractivity contribution in [2.45, 2.75) is 12.8 Å². The predicted molar refractivity (Wildman–Crippen MR) is 110 cm³/mol. The van der Waals surface area contributed by atoms with Crippen LogP contribution in [0.2, 0.25) is 5.02 Å². The summed E-state index contributed by atoms with van der Waals surface area (Å²) in [7, 11) is 0. The number of benzene rings is 3. The zero-order chi connectivity index (χ0) is 21.1. The second-order valence-electron chi connectivity index (χ2n) is 6.54. The molecule has 4 aromatic rings. The molecule has 8 heteroatoms. The highest BCUT2D eigenvalue weighted by atomic mass is 35.5. The summed E-state index contributed by atoms with van der Waals surface area (Å²) in [5, 5.41) is 14.2. The Balaban J connectivity index is 1.60. The highest BCUT2D eigenvalue weighted by Crippen LogP contribution is 2.29. The number of ether oxygens (including phenoxy) is 1. The highest BCUT2D eigenvalue weighted by Gasteiger charge is 2.30. The van der Waals surface area contributed by atoms with Gasteiger partial charge in [0, 0.05) is 27.9 Å². The number of alkyl halides is 3. The van der Waals surface area contributed by atoms with Crippen LogP contribution in [0.15, 0.2) is 72.8 Å². The molecule has 0 spiro atoms. The van der Waals surface area contributed by atoms with Gasteiger partial charge in [-0.3, -0.25) is 0 Å². The van der Waals surface area contributed by atoms with Crippen LogP contribution in [0.5, 0.6) is 5.75 Å². The van der Waals surface area contributed by atoms with E-state index in [4.69, 9.17) is 11.6 Å². The molecule has 4 nitrogen and oxygen atoms in total. The van der Waals surface area contributed by atoms with Gasteiger partial charge in [0.15, 0.2) is 5.82 Å². The van der Waals surface area contributed by atoms with E-state index in [0.29, 0.717) is 22.9 Å². The molecule has 0 bridgehead atoms. The van der Waals surface area contributed by atoms with Gasteiger partial charge in [-0.2, -0.15) is 5.10 Å². The van der Waals surface area contributed by atoms with E-state index in [1.54, 1.807) is 0 Å². The summed E-state index contributed by atoms with van der Waals surface area (Å²) >= 11 is 5.95. The number of aromatic nitrogens is 2. The quantitative estimate of drug-likeness (QED) is 0.392. The first-order valence-electron chi connectivity index (χ1n) is 8.99. The lowest BCUT2D eigenvalue weighted by Gasteiger charge is -2.12. The Kier molecular flexibility index (Phi) is 5.46. The van der Waals surface area contributed by atoms with E-state index in [9.17, 15) is 13.2 Å². The minimum Gasteiger partial charge on any atom is -0.406 e. The van der Waals surface area contributed by atoms with Crippen LogP contribution in [-0.2, 0) is 6.42 Å². The Morgan fingerprint density at radius 1 is 0.833 bits per heavy atom. The molecule has 0 saturated carbocycles. The van der Waals surface area contributed by atoms with E-state index >= 15 is 0 Å². The molecule has 1 N–H and O–H groups in total. The van der Waals surface area contributed by atoms with Gasteiger partial charge in [0.2, 0.25) is 0 Å². The third-order valence-corrected chi connectivity index (χ3v) is 4.65. The van der Waals surface area contributed by atoms with Crippen molar-refractivity contribution in [1.82, 2.24) is 10.2 Å². The molecule has 0 aliphatic heterocycles. The Bertz CT molecular complexity index is 1160. The number of fused-ring (bicyclic) bond motifs is 1.